The van der Waals surface area contributed by atoms with Gasteiger partial charge in [0.25, 0.3) is 0 Å². The van der Waals surface area contributed by atoms with Gasteiger partial charge in [0.15, 0.2) is 0 Å². The van der Waals surface area contributed by atoms with Gasteiger partial charge < -0.3 is 4.42 Å². The standard InChI is InChI=1S/C41H25N3.C39H23N3O/c1-7-17-35-29(11-1)30-12-2-8-18-36(30)41-40(35)43-25-37(44-41)26-19-21-27(22-20-26)38-31-13-3-5-15-33(31)39(28-10-9-23-42-24-28)34-16-6-4-14-32(34)38;1-2-10-28-24(8-1)19-20-34-37(28)38-39(43-34)42-33(23-41-38)25-15-17-26(18-16-25)35-29-11-3-5-13-31(29)36(27-9-7-21-40-22-27)32-14-6-4-12-30(32)35/h1-25H;1-23H. The van der Waals surface area contributed by atoms with Gasteiger partial charge >= 0.3 is 0 Å². The highest BCUT2D eigenvalue weighted by molar-refractivity contribution is 6.25. The van der Waals surface area contributed by atoms with Crippen LogP contribution in [0.25, 0.3) is 176 Å². The van der Waals surface area contributed by atoms with Crippen LogP contribution in [-0.4, -0.2) is 29.9 Å². The Bertz CT molecular complexity index is 5600. The van der Waals surface area contributed by atoms with E-state index in [0.29, 0.717) is 5.71 Å². The van der Waals surface area contributed by atoms with Crippen LogP contribution >= 0.6 is 0 Å². The minimum absolute atomic E-state index is 0.552. The molecule has 0 atom stereocenters. The molecule has 5 aromatic heterocycles. The zero-order valence-corrected chi connectivity index (χ0v) is 46.8. The average Bonchev–Trinajstić information content (AvgIpc) is 1.91. The smallest absolute Gasteiger partial charge is 0.246 e. The summed E-state index contributed by atoms with van der Waals surface area (Å²) < 4.78 is 6.18. The van der Waals surface area contributed by atoms with Crippen molar-refractivity contribution in [1.29, 1.82) is 0 Å². The highest BCUT2D eigenvalue weighted by atomic mass is 16.3. The summed E-state index contributed by atoms with van der Waals surface area (Å²) in [6.45, 7) is 0. The van der Waals surface area contributed by atoms with Crippen LogP contribution in [0.2, 0.25) is 0 Å². The quantitative estimate of drug-likeness (QED) is 0.121. The Labute approximate surface area is 499 Å². The summed E-state index contributed by atoms with van der Waals surface area (Å²) >= 11 is 0. The molecule has 0 spiro atoms. The van der Waals surface area contributed by atoms with E-state index in [0.717, 1.165) is 88.3 Å². The fourth-order valence-corrected chi connectivity index (χ4v) is 13.3. The van der Waals surface area contributed by atoms with E-state index in [1.54, 1.807) is 0 Å². The summed E-state index contributed by atoms with van der Waals surface area (Å²) in [4.78, 5) is 28.8. The van der Waals surface area contributed by atoms with Gasteiger partial charge in [0.2, 0.25) is 5.71 Å². The molecule has 0 saturated carbocycles. The number of fused-ring (bicyclic) bond motifs is 15. The van der Waals surface area contributed by atoms with Crippen molar-refractivity contribution in [2.45, 2.75) is 0 Å². The highest BCUT2D eigenvalue weighted by Gasteiger charge is 2.21. The summed E-state index contributed by atoms with van der Waals surface area (Å²) in [5.74, 6) is 0. The lowest BCUT2D eigenvalue weighted by atomic mass is 9.86. The van der Waals surface area contributed by atoms with Gasteiger partial charge in [0.1, 0.15) is 11.1 Å². The van der Waals surface area contributed by atoms with Crippen molar-refractivity contribution in [3.8, 4) is 67.0 Å². The Kier molecular flexibility index (Phi) is 11.7. The fraction of sp³-hybridized carbons (Fsp3) is 0. The minimum Gasteiger partial charge on any atom is -0.436 e. The number of hydrogen-bond acceptors (Lipinski definition) is 7. The van der Waals surface area contributed by atoms with Crippen LogP contribution in [0.1, 0.15) is 0 Å². The first-order chi connectivity index (χ1) is 43.2. The lowest BCUT2D eigenvalue weighted by Gasteiger charge is -2.17. The first-order valence-corrected chi connectivity index (χ1v) is 29.2. The normalized spacial score (nSPS) is 11.7. The van der Waals surface area contributed by atoms with Crippen molar-refractivity contribution in [3.63, 3.8) is 0 Å². The molecule has 18 rings (SSSR count). The van der Waals surface area contributed by atoms with Gasteiger partial charge in [0.05, 0.1) is 40.2 Å². The molecule has 0 saturated heterocycles. The molecule has 0 fully saturated rings. The third kappa shape index (κ3) is 8.27. The van der Waals surface area contributed by atoms with E-state index in [-0.39, 0.29) is 0 Å². The number of pyridine rings is 2. The highest BCUT2D eigenvalue weighted by Crippen LogP contribution is 2.46. The summed E-state index contributed by atoms with van der Waals surface area (Å²) in [7, 11) is 0. The topological polar surface area (TPSA) is 90.5 Å². The Morgan fingerprint density at radius 1 is 0.241 bits per heavy atom. The predicted molar refractivity (Wildman–Crippen MR) is 360 cm³/mol. The third-order valence-corrected chi connectivity index (χ3v) is 17.2. The van der Waals surface area contributed by atoms with Gasteiger partial charge in [-0.1, -0.05) is 237 Å². The first kappa shape index (κ1) is 49.8. The molecule has 0 bridgehead atoms. The second-order valence-corrected chi connectivity index (χ2v) is 22.0. The molecule has 0 aliphatic carbocycles. The molecule has 5 heterocycles. The van der Waals surface area contributed by atoms with Crippen LogP contribution in [0, 0.1) is 0 Å². The molecule has 18 aromatic rings. The number of hydrogen-bond donors (Lipinski definition) is 0. The first-order valence-electron chi connectivity index (χ1n) is 29.2. The molecule has 0 N–H and O–H groups in total. The summed E-state index contributed by atoms with van der Waals surface area (Å²) in [5.41, 5.74) is 17.1. The van der Waals surface area contributed by atoms with E-state index in [2.05, 4.69) is 234 Å². The van der Waals surface area contributed by atoms with Crippen LogP contribution in [0.4, 0.5) is 0 Å². The maximum absolute atomic E-state index is 6.18. The Balaban J connectivity index is 0.000000136. The van der Waals surface area contributed by atoms with Crippen LogP contribution < -0.4 is 0 Å². The van der Waals surface area contributed by atoms with Crippen molar-refractivity contribution in [1.82, 2.24) is 29.9 Å². The molecule has 13 aromatic carbocycles. The van der Waals surface area contributed by atoms with E-state index in [1.807, 2.05) is 67.5 Å². The second-order valence-electron chi connectivity index (χ2n) is 22.0. The summed E-state index contributed by atoms with van der Waals surface area (Å²) in [5, 5.41) is 17.7. The van der Waals surface area contributed by atoms with Crippen LogP contribution in [-0.2, 0) is 0 Å². The minimum atomic E-state index is 0.552. The van der Waals surface area contributed by atoms with E-state index < -0.39 is 0 Å². The van der Waals surface area contributed by atoms with Gasteiger partial charge in [-0.3, -0.25) is 15.0 Å². The van der Waals surface area contributed by atoms with Crippen molar-refractivity contribution < 1.29 is 4.42 Å². The molecule has 0 aliphatic heterocycles. The number of benzene rings is 13. The van der Waals surface area contributed by atoms with Gasteiger partial charge in [-0.05, 0) is 116 Å². The number of rotatable bonds is 6. The molecule has 0 radical (unpaired) electrons. The van der Waals surface area contributed by atoms with Gasteiger partial charge in [-0.25, -0.2) is 15.0 Å². The van der Waals surface area contributed by atoms with Crippen molar-refractivity contribution >= 4 is 109 Å². The SMILES string of the molecule is c1cncc(-c2c3ccccc3c(-c3ccc(-c4cnc5c(n4)oc4ccc6ccccc6c45)cc3)c3ccccc23)c1.c1cncc(-c2c3ccccc3c(-c3ccc(-c4cnc5c6ccccc6c6ccccc6c5n4)cc3)c3ccccc23)c1. The zero-order valence-electron chi connectivity index (χ0n) is 46.8. The second kappa shape index (κ2) is 20.5. The lowest BCUT2D eigenvalue weighted by molar-refractivity contribution is 0.654. The average molecular weight is 1110 g/mol. The molecule has 7 heteroatoms. The molecule has 7 nitrogen and oxygen atoms in total. The van der Waals surface area contributed by atoms with Crippen molar-refractivity contribution in [2.75, 3.05) is 0 Å². The largest absolute Gasteiger partial charge is 0.436 e. The van der Waals surface area contributed by atoms with Crippen LogP contribution in [0.15, 0.2) is 296 Å². The maximum atomic E-state index is 6.18. The van der Waals surface area contributed by atoms with Gasteiger partial charge in [0, 0.05) is 57.8 Å². The van der Waals surface area contributed by atoms with Crippen LogP contribution in [0.3, 0.4) is 0 Å². The Morgan fingerprint density at radius 2 is 0.609 bits per heavy atom. The predicted octanol–water partition coefficient (Wildman–Crippen LogP) is 20.9. The number of furan rings is 1. The monoisotopic (exact) mass is 1110 g/mol. The van der Waals surface area contributed by atoms with E-state index in [1.165, 1.54) is 81.7 Å². The molecular formula is C80H48N6O. The summed E-state index contributed by atoms with van der Waals surface area (Å²) in [6.07, 6.45) is 11.3. The maximum Gasteiger partial charge on any atom is 0.246 e. The van der Waals surface area contributed by atoms with Crippen molar-refractivity contribution in [3.05, 3.63) is 292 Å². The van der Waals surface area contributed by atoms with Gasteiger partial charge in [-0.2, -0.15) is 0 Å². The Hall–Kier alpha value is -11.8. The van der Waals surface area contributed by atoms with Gasteiger partial charge in [-0.15, -0.1) is 0 Å². The zero-order chi connectivity index (χ0) is 57.4. The Morgan fingerprint density at radius 3 is 1.06 bits per heavy atom. The molecular weight excluding hydrogens is 1060 g/mol. The summed E-state index contributed by atoms with van der Waals surface area (Å²) in [6, 6.07) is 89.8. The lowest BCUT2D eigenvalue weighted by Crippen LogP contribution is -1.93. The number of nitrogens with zero attached hydrogens (tertiary/aromatic N) is 6. The van der Waals surface area contributed by atoms with E-state index in [9.17, 15) is 0 Å². The third-order valence-electron chi connectivity index (χ3n) is 17.2. The fourth-order valence-electron chi connectivity index (χ4n) is 13.3. The van der Waals surface area contributed by atoms with Crippen LogP contribution in [0.5, 0.6) is 0 Å². The molecule has 0 amide bonds. The van der Waals surface area contributed by atoms with E-state index in [4.69, 9.17) is 24.4 Å². The number of aromatic nitrogens is 6. The molecule has 0 aliphatic rings. The molecule has 404 valence electrons. The molecule has 0 unspecified atom stereocenters. The van der Waals surface area contributed by atoms with Crippen molar-refractivity contribution in [2.24, 2.45) is 0 Å². The van der Waals surface area contributed by atoms with E-state index >= 15 is 0 Å². The molecule has 87 heavy (non-hydrogen) atoms.